The van der Waals surface area contributed by atoms with E-state index in [0.717, 1.165) is 6.42 Å². The van der Waals surface area contributed by atoms with Crippen LogP contribution in [0.15, 0.2) is 0 Å². The Balaban J connectivity index is 2.47. The molecule has 0 bridgehead atoms. The zero-order valence-electron chi connectivity index (χ0n) is 5.20. The minimum atomic E-state index is -3.09. The maximum Gasteiger partial charge on any atom is 0.474 e. The lowest BCUT2D eigenvalue weighted by Gasteiger charge is -2.19. The molecular formula is C4H9O4P. The molecule has 0 saturated carbocycles. The average molecular weight is 154 g/mol. The molecule has 4 nitrogen and oxygen atoms in total. The van der Waals surface area contributed by atoms with Gasteiger partial charge in [-0.1, -0.05) is 0 Å². The molecule has 1 rings (SSSR count). The van der Waals surface area contributed by atoms with Crippen LogP contribution >= 0.6 is 7.82 Å². The van der Waals surface area contributed by atoms with Crippen LogP contribution in [0.25, 0.3) is 0 Å². The number of phosphoric ester groups is 1. The quantitative estimate of drug-likeness (QED) is 0.420. The first-order valence-corrected chi connectivity index (χ1v) is 4.18. The van der Waals surface area contributed by atoms with E-state index in [4.69, 9.17) is 9.05 Å². The third-order valence-electron chi connectivity index (χ3n) is 1.01. The van der Waals surface area contributed by atoms with Crippen LogP contribution in [-0.4, -0.2) is 20.3 Å². The van der Waals surface area contributed by atoms with E-state index in [2.05, 4.69) is 4.52 Å². The molecule has 0 aliphatic carbocycles. The lowest BCUT2D eigenvalue weighted by atomic mass is 10.5. The Morgan fingerprint density at radius 2 is 2.00 bits per heavy atom. The summed E-state index contributed by atoms with van der Waals surface area (Å²) in [5.74, 6) is 0. The Bertz CT molecular complexity index is 125. The van der Waals surface area contributed by atoms with Gasteiger partial charge in [0.15, 0.2) is 0 Å². The molecule has 0 radical (unpaired) electrons. The predicted molar refractivity (Wildman–Crippen MR) is 31.1 cm³/mol. The first-order chi connectivity index (χ1) is 4.27. The van der Waals surface area contributed by atoms with Gasteiger partial charge in [-0.05, 0) is 6.42 Å². The van der Waals surface area contributed by atoms with Gasteiger partial charge in [-0.15, -0.1) is 0 Å². The van der Waals surface area contributed by atoms with Gasteiger partial charge in [0, 0.05) is 7.11 Å². The van der Waals surface area contributed by atoms with Crippen LogP contribution in [0, 0.1) is 0 Å². The van der Waals surface area contributed by atoms with Crippen molar-refractivity contribution < 1.29 is 18.1 Å². The van der Waals surface area contributed by atoms with E-state index in [1.165, 1.54) is 7.11 Å². The fraction of sp³-hybridized carbons (Fsp3) is 1.00. The molecule has 0 spiro atoms. The van der Waals surface area contributed by atoms with Crippen LogP contribution in [0.4, 0.5) is 0 Å². The minimum Gasteiger partial charge on any atom is -0.290 e. The number of hydrogen-bond acceptors (Lipinski definition) is 4. The minimum absolute atomic E-state index is 0.463. The SMILES string of the molecule is COP1(=[18O])OCCCO1. The van der Waals surface area contributed by atoms with E-state index in [0.29, 0.717) is 13.2 Å². The van der Waals surface area contributed by atoms with E-state index < -0.39 is 7.82 Å². The molecule has 0 aromatic heterocycles. The van der Waals surface area contributed by atoms with E-state index in [-0.39, 0.29) is 0 Å². The van der Waals surface area contributed by atoms with E-state index in [1.54, 1.807) is 0 Å². The van der Waals surface area contributed by atoms with E-state index in [9.17, 15) is 4.57 Å². The molecule has 1 fully saturated rings. The van der Waals surface area contributed by atoms with Crippen molar-refractivity contribution in [2.24, 2.45) is 0 Å². The normalized spacial score (nSPS) is 25.9. The predicted octanol–water partition coefficient (Wildman–Crippen LogP) is 1.18. The number of hydrogen-bond donors (Lipinski definition) is 0. The molecular weight excluding hydrogens is 145 g/mol. The highest BCUT2D eigenvalue weighted by atomic mass is 31.2. The molecule has 0 N–H and O–H groups in total. The van der Waals surface area contributed by atoms with Crippen molar-refractivity contribution in [1.29, 1.82) is 0 Å². The lowest BCUT2D eigenvalue weighted by molar-refractivity contribution is 0.0880. The third kappa shape index (κ3) is 1.76. The summed E-state index contributed by atoms with van der Waals surface area (Å²) in [5, 5.41) is 0. The second kappa shape index (κ2) is 2.80. The van der Waals surface area contributed by atoms with Gasteiger partial charge in [0.1, 0.15) is 0 Å². The zero-order valence-corrected chi connectivity index (χ0v) is 6.10. The molecule has 0 atom stereocenters. The van der Waals surface area contributed by atoms with Crippen molar-refractivity contribution in [2.45, 2.75) is 6.42 Å². The Hall–Kier alpha value is 0.110. The smallest absolute Gasteiger partial charge is 0.290 e. The second-order valence-corrected chi connectivity index (χ2v) is 3.43. The molecule has 0 aromatic rings. The summed E-state index contributed by atoms with van der Waals surface area (Å²) in [4.78, 5) is 0. The van der Waals surface area contributed by atoms with Crippen LogP contribution in [-0.2, 0) is 18.1 Å². The highest BCUT2D eigenvalue weighted by molar-refractivity contribution is 7.48. The molecule has 1 aliphatic heterocycles. The van der Waals surface area contributed by atoms with Gasteiger partial charge in [-0.2, -0.15) is 0 Å². The van der Waals surface area contributed by atoms with Crippen molar-refractivity contribution in [2.75, 3.05) is 20.3 Å². The molecule has 9 heavy (non-hydrogen) atoms. The van der Waals surface area contributed by atoms with Crippen molar-refractivity contribution in [3.05, 3.63) is 0 Å². The maximum atomic E-state index is 10.9. The highest BCUT2D eigenvalue weighted by Crippen LogP contribution is 2.50. The molecule has 1 aliphatic rings. The van der Waals surface area contributed by atoms with Gasteiger partial charge in [-0.25, -0.2) is 4.57 Å². The molecule has 0 amide bonds. The molecule has 54 valence electrons. The third-order valence-corrected chi connectivity index (χ3v) is 2.46. The monoisotopic (exact) mass is 154 g/mol. The van der Waals surface area contributed by atoms with Crippen molar-refractivity contribution in [3.63, 3.8) is 0 Å². The Kier molecular flexibility index (Phi) is 2.24. The topological polar surface area (TPSA) is 44.8 Å². The summed E-state index contributed by atoms with van der Waals surface area (Å²) in [6.45, 7) is 0.927. The van der Waals surface area contributed by atoms with Crippen LogP contribution < -0.4 is 0 Å². The molecule has 0 unspecified atom stereocenters. The first-order valence-electron chi connectivity index (χ1n) is 2.72. The Morgan fingerprint density at radius 3 is 2.33 bits per heavy atom. The van der Waals surface area contributed by atoms with Crippen molar-refractivity contribution in [1.82, 2.24) is 0 Å². The van der Waals surface area contributed by atoms with Gasteiger partial charge < -0.3 is 0 Å². The standard InChI is InChI=1S/C4H9O4P/c1-6-9(5)7-3-2-4-8-9/h2-4H2,1H3/i5+2. The average Bonchev–Trinajstić information content (AvgIpc) is 1.90. The first kappa shape index (κ1) is 7.22. The molecule has 0 aromatic carbocycles. The Morgan fingerprint density at radius 1 is 1.44 bits per heavy atom. The van der Waals surface area contributed by atoms with E-state index >= 15 is 0 Å². The highest BCUT2D eigenvalue weighted by Gasteiger charge is 2.27. The molecule has 1 saturated heterocycles. The van der Waals surface area contributed by atoms with Crippen molar-refractivity contribution >= 4 is 7.82 Å². The Labute approximate surface area is 53.7 Å². The van der Waals surface area contributed by atoms with Crippen LogP contribution in [0.5, 0.6) is 0 Å². The summed E-state index contributed by atoms with van der Waals surface area (Å²) in [6.07, 6.45) is 0.785. The summed E-state index contributed by atoms with van der Waals surface area (Å²) in [5.41, 5.74) is 0. The molecule has 5 heteroatoms. The molecule has 1 heterocycles. The van der Waals surface area contributed by atoms with Crippen LogP contribution in [0.1, 0.15) is 6.42 Å². The van der Waals surface area contributed by atoms with Gasteiger partial charge in [0.25, 0.3) is 0 Å². The number of rotatable bonds is 1. The summed E-state index contributed by atoms with van der Waals surface area (Å²) >= 11 is 0. The summed E-state index contributed by atoms with van der Waals surface area (Å²) in [6, 6.07) is 0. The zero-order chi connectivity index (χ0) is 6.74. The van der Waals surface area contributed by atoms with Gasteiger partial charge in [-0.3, -0.25) is 13.6 Å². The largest absolute Gasteiger partial charge is 0.474 e. The van der Waals surface area contributed by atoms with Crippen molar-refractivity contribution in [3.8, 4) is 0 Å². The van der Waals surface area contributed by atoms with E-state index in [1.807, 2.05) is 0 Å². The second-order valence-electron chi connectivity index (χ2n) is 1.65. The number of phosphoric acid groups is 1. The lowest BCUT2D eigenvalue weighted by Crippen LogP contribution is -2.08. The fourth-order valence-corrected chi connectivity index (χ4v) is 1.55. The maximum absolute atomic E-state index is 10.9. The van der Waals surface area contributed by atoms with Crippen LogP contribution in [0.2, 0.25) is 0 Å². The van der Waals surface area contributed by atoms with Gasteiger partial charge in [0.05, 0.1) is 13.2 Å². The van der Waals surface area contributed by atoms with Gasteiger partial charge in [0.2, 0.25) is 0 Å². The van der Waals surface area contributed by atoms with Crippen LogP contribution in [0.3, 0.4) is 0 Å². The summed E-state index contributed by atoms with van der Waals surface area (Å²) < 4.78 is 24.9. The fourth-order valence-electron chi connectivity index (χ4n) is 0.554. The van der Waals surface area contributed by atoms with Gasteiger partial charge >= 0.3 is 7.82 Å². The summed E-state index contributed by atoms with van der Waals surface area (Å²) in [7, 11) is -1.78.